The summed E-state index contributed by atoms with van der Waals surface area (Å²) in [5, 5.41) is 11.0. The van der Waals surface area contributed by atoms with Crippen LogP contribution in [0.1, 0.15) is 33.8 Å². The molecule has 0 bridgehead atoms. The average Bonchev–Trinajstić information content (AvgIpc) is 3.08. The molecule has 170 valence electrons. The topological polar surface area (TPSA) is 59.0 Å². The number of amides is 1. The summed E-state index contributed by atoms with van der Waals surface area (Å²) in [6.45, 7) is 3.22. The second-order valence-corrected chi connectivity index (χ2v) is 8.25. The molecule has 1 aromatic heterocycles. The summed E-state index contributed by atoms with van der Waals surface area (Å²) in [5.74, 6) is -2.07. The van der Waals surface area contributed by atoms with Crippen LogP contribution in [0.3, 0.4) is 0 Å². The van der Waals surface area contributed by atoms with Gasteiger partial charge in [0.15, 0.2) is 11.6 Å². The third kappa shape index (κ3) is 4.80. The van der Waals surface area contributed by atoms with Crippen LogP contribution in [0.2, 0.25) is 5.02 Å². The molecule has 0 unspecified atom stereocenters. The summed E-state index contributed by atoms with van der Waals surface area (Å²) in [7, 11) is 1.82. The predicted molar refractivity (Wildman–Crippen MR) is 123 cm³/mol. The molecule has 2 N–H and O–H groups in total. The zero-order chi connectivity index (χ0) is 22.1. The molecule has 3 aromatic rings. The number of aryl methyl sites for hydroxylation is 2. The molecule has 0 saturated carbocycles. The first kappa shape index (κ1) is 24.2. The predicted octanol–water partition coefficient (Wildman–Crippen LogP) is 4.62. The first-order valence-corrected chi connectivity index (χ1v) is 10.5. The number of carbonyl (C=O) groups excluding carboxylic acids is 1. The van der Waals surface area contributed by atoms with Crippen LogP contribution in [-0.4, -0.2) is 34.8 Å². The number of aromatic nitrogens is 2. The number of hydrogen-bond acceptors (Lipinski definition) is 3. The summed E-state index contributed by atoms with van der Waals surface area (Å²) in [6.07, 6.45) is 2.30. The number of piperidine rings is 1. The van der Waals surface area contributed by atoms with E-state index in [4.69, 9.17) is 11.6 Å². The minimum absolute atomic E-state index is 0. The Hall–Kier alpha value is -2.48. The maximum Gasteiger partial charge on any atom is 0.251 e. The second kappa shape index (κ2) is 9.98. The van der Waals surface area contributed by atoms with Gasteiger partial charge in [0, 0.05) is 36.7 Å². The van der Waals surface area contributed by atoms with Crippen LogP contribution in [-0.2, 0) is 7.05 Å². The molecule has 1 amide bonds. The van der Waals surface area contributed by atoms with E-state index >= 15 is 0 Å². The monoisotopic (exact) mass is 480 g/mol. The van der Waals surface area contributed by atoms with Gasteiger partial charge in [-0.05, 0) is 55.3 Å². The van der Waals surface area contributed by atoms with Crippen molar-refractivity contribution in [2.75, 3.05) is 13.1 Å². The number of nitrogens with one attached hydrogen (secondary N) is 2. The van der Waals surface area contributed by atoms with Crippen LogP contribution in [0.5, 0.6) is 0 Å². The van der Waals surface area contributed by atoms with Crippen molar-refractivity contribution in [2.45, 2.75) is 25.3 Å². The quantitative estimate of drug-likeness (QED) is 0.572. The lowest BCUT2D eigenvalue weighted by Gasteiger charge is -2.33. The number of rotatable bonds is 4. The maximum absolute atomic E-state index is 13.8. The van der Waals surface area contributed by atoms with E-state index in [1.165, 1.54) is 6.07 Å². The zero-order valence-corrected chi connectivity index (χ0v) is 19.2. The van der Waals surface area contributed by atoms with Gasteiger partial charge in [-0.3, -0.25) is 9.48 Å². The van der Waals surface area contributed by atoms with Gasteiger partial charge in [-0.25, -0.2) is 8.78 Å². The van der Waals surface area contributed by atoms with E-state index in [1.807, 2.05) is 26.1 Å². The normalized spacial score (nSPS) is 18.2. The fraction of sp³-hybridized carbons (Fsp3) is 0.304. The van der Waals surface area contributed by atoms with Crippen LogP contribution >= 0.6 is 24.0 Å². The van der Waals surface area contributed by atoms with Gasteiger partial charge in [0.2, 0.25) is 0 Å². The minimum Gasteiger partial charge on any atom is -0.347 e. The number of halogens is 4. The lowest BCUT2D eigenvalue weighted by atomic mass is 9.85. The highest BCUT2D eigenvalue weighted by Crippen LogP contribution is 2.31. The van der Waals surface area contributed by atoms with Gasteiger partial charge < -0.3 is 10.6 Å². The number of benzene rings is 2. The number of nitrogens with zero attached hydrogens (tertiary/aromatic N) is 2. The van der Waals surface area contributed by atoms with Gasteiger partial charge in [-0.15, -0.1) is 12.4 Å². The van der Waals surface area contributed by atoms with Crippen LogP contribution in [0.4, 0.5) is 8.78 Å². The van der Waals surface area contributed by atoms with E-state index < -0.39 is 11.6 Å². The molecule has 2 atom stereocenters. The molecule has 0 aliphatic carbocycles. The van der Waals surface area contributed by atoms with Crippen molar-refractivity contribution in [1.29, 1.82) is 0 Å². The molecular weight excluding hydrogens is 457 g/mol. The Labute approximate surface area is 196 Å². The van der Waals surface area contributed by atoms with Crippen molar-refractivity contribution >= 4 is 29.9 Å². The Kier molecular flexibility index (Phi) is 7.54. The first-order chi connectivity index (χ1) is 14.8. The van der Waals surface area contributed by atoms with E-state index in [9.17, 15) is 13.6 Å². The lowest BCUT2D eigenvalue weighted by molar-refractivity contribution is 0.0924. The minimum atomic E-state index is -0.874. The van der Waals surface area contributed by atoms with Crippen LogP contribution in [0.25, 0.3) is 11.3 Å². The van der Waals surface area contributed by atoms with Crippen LogP contribution in [0.15, 0.2) is 42.6 Å². The molecule has 5 nitrogen and oxygen atoms in total. The van der Waals surface area contributed by atoms with Crippen molar-refractivity contribution < 1.29 is 13.6 Å². The molecule has 2 aromatic carbocycles. The molecule has 1 aliphatic heterocycles. The van der Waals surface area contributed by atoms with Gasteiger partial charge in [-0.1, -0.05) is 23.7 Å². The van der Waals surface area contributed by atoms with Crippen molar-refractivity contribution in [3.8, 4) is 11.3 Å². The Morgan fingerprint density at radius 2 is 2.00 bits per heavy atom. The van der Waals surface area contributed by atoms with Gasteiger partial charge in [0.1, 0.15) is 0 Å². The summed E-state index contributed by atoms with van der Waals surface area (Å²) in [4.78, 5) is 13.0. The Morgan fingerprint density at radius 3 is 2.66 bits per heavy atom. The van der Waals surface area contributed by atoms with Crippen molar-refractivity contribution in [1.82, 2.24) is 20.4 Å². The lowest BCUT2D eigenvalue weighted by Crippen LogP contribution is -2.50. The van der Waals surface area contributed by atoms with Crippen molar-refractivity contribution in [3.05, 3.63) is 75.9 Å². The average molecular weight is 481 g/mol. The van der Waals surface area contributed by atoms with E-state index in [0.717, 1.165) is 29.4 Å². The molecule has 9 heteroatoms. The van der Waals surface area contributed by atoms with Crippen LogP contribution in [0, 0.1) is 18.6 Å². The van der Waals surface area contributed by atoms with Crippen molar-refractivity contribution in [2.24, 2.45) is 7.05 Å². The fourth-order valence-electron chi connectivity index (χ4n) is 4.19. The van der Waals surface area contributed by atoms with E-state index in [2.05, 4.69) is 15.7 Å². The smallest absolute Gasteiger partial charge is 0.251 e. The molecular formula is C23H24Cl2F2N4O. The number of carbonyl (C=O) groups is 1. The number of hydrogen-bond donors (Lipinski definition) is 2. The first-order valence-electron chi connectivity index (χ1n) is 10.1. The molecule has 4 rings (SSSR count). The standard InChI is InChI=1S/C23H23ClF2N4O.ClH/c1-13-9-15(3-5-16(13)22-18(24)11-28-30(22)2)23(31)29-21-12-27-8-7-17(21)14-4-6-19(25)20(26)10-14;/h3-6,9-11,17,21,27H,7-8,12H2,1-2H3,(H,29,31);1H/t17-,21+;/m0./s1. The molecule has 0 radical (unpaired) electrons. The van der Waals surface area contributed by atoms with Gasteiger partial charge in [0.25, 0.3) is 5.91 Å². The second-order valence-electron chi connectivity index (χ2n) is 7.85. The molecule has 32 heavy (non-hydrogen) atoms. The third-order valence-electron chi connectivity index (χ3n) is 5.81. The zero-order valence-electron chi connectivity index (χ0n) is 17.7. The Balaban J connectivity index is 0.00000289. The highest BCUT2D eigenvalue weighted by Gasteiger charge is 2.29. The molecule has 0 spiro atoms. The largest absolute Gasteiger partial charge is 0.347 e. The molecule has 2 heterocycles. The Bertz CT molecular complexity index is 1120. The SMILES string of the molecule is Cc1cc(C(=O)N[C@@H]2CNCC[C@H]2c2ccc(F)c(F)c2)ccc1-c1c(Cl)cnn1C.Cl. The molecule has 1 aliphatic rings. The van der Waals surface area contributed by atoms with E-state index in [1.54, 1.807) is 23.0 Å². The van der Waals surface area contributed by atoms with Crippen LogP contribution < -0.4 is 10.6 Å². The fourth-order valence-corrected chi connectivity index (χ4v) is 4.46. The summed E-state index contributed by atoms with van der Waals surface area (Å²) in [5.41, 5.74) is 3.80. The molecule has 1 fully saturated rings. The summed E-state index contributed by atoms with van der Waals surface area (Å²) in [6, 6.07) is 9.14. The molecule has 1 saturated heterocycles. The van der Waals surface area contributed by atoms with Gasteiger partial charge in [0.05, 0.1) is 16.9 Å². The highest BCUT2D eigenvalue weighted by molar-refractivity contribution is 6.33. The van der Waals surface area contributed by atoms with Gasteiger partial charge >= 0.3 is 0 Å². The van der Waals surface area contributed by atoms with Crippen molar-refractivity contribution in [3.63, 3.8) is 0 Å². The summed E-state index contributed by atoms with van der Waals surface area (Å²) >= 11 is 6.26. The summed E-state index contributed by atoms with van der Waals surface area (Å²) < 4.78 is 28.8. The van der Waals surface area contributed by atoms with E-state index in [0.29, 0.717) is 29.1 Å². The van der Waals surface area contributed by atoms with Gasteiger partial charge in [-0.2, -0.15) is 5.10 Å². The maximum atomic E-state index is 13.8. The highest BCUT2D eigenvalue weighted by atomic mass is 35.5. The van der Waals surface area contributed by atoms with E-state index in [-0.39, 0.29) is 30.3 Å². The Morgan fingerprint density at radius 1 is 1.22 bits per heavy atom. The third-order valence-corrected chi connectivity index (χ3v) is 6.08.